The Balaban J connectivity index is 2.92. The Morgan fingerprint density at radius 3 is 2.64 bits per heavy atom. The molecule has 3 heteroatoms. The molecule has 0 saturated carbocycles. The van der Waals surface area contributed by atoms with Crippen LogP contribution in [0.4, 0.5) is 0 Å². The number of rotatable bonds is 3. The minimum atomic E-state index is 0.0621. The second-order valence-electron chi connectivity index (χ2n) is 3.25. The van der Waals surface area contributed by atoms with Gasteiger partial charge in [0.2, 0.25) is 0 Å². The van der Waals surface area contributed by atoms with E-state index in [1.54, 1.807) is 12.3 Å². The molecule has 0 fully saturated rings. The van der Waals surface area contributed by atoms with Crippen LogP contribution in [0.25, 0.3) is 0 Å². The fourth-order valence-corrected chi connectivity index (χ4v) is 1.18. The van der Waals surface area contributed by atoms with Gasteiger partial charge < -0.3 is 10.2 Å². The molecule has 1 aromatic rings. The lowest BCUT2D eigenvalue weighted by Crippen LogP contribution is -1.92. The maximum Gasteiger partial charge on any atom is 0.118 e. The number of aryl methyl sites for hydroxylation is 2. The molecule has 0 aliphatic rings. The highest BCUT2D eigenvalue weighted by molar-refractivity contribution is 5.82. The highest BCUT2D eigenvalue weighted by atomic mass is 16.3. The van der Waals surface area contributed by atoms with E-state index in [1.807, 2.05) is 19.9 Å². The number of aromatic hydroxyl groups is 1. The van der Waals surface area contributed by atoms with Gasteiger partial charge in [0, 0.05) is 6.21 Å². The Morgan fingerprint density at radius 1 is 1.29 bits per heavy atom. The third kappa shape index (κ3) is 2.57. The molecule has 0 heterocycles. The van der Waals surface area contributed by atoms with Gasteiger partial charge in [-0.25, -0.2) is 0 Å². The van der Waals surface area contributed by atoms with Crippen molar-refractivity contribution in [1.82, 2.24) is 0 Å². The first-order valence-electron chi connectivity index (χ1n) is 4.56. The van der Waals surface area contributed by atoms with E-state index in [0.717, 1.165) is 16.7 Å². The zero-order valence-corrected chi connectivity index (χ0v) is 8.49. The Bertz CT molecular complexity index is 345. The lowest BCUT2D eigenvalue weighted by atomic mass is 10.1. The Morgan fingerprint density at radius 2 is 2.00 bits per heavy atom. The van der Waals surface area contributed by atoms with Crippen molar-refractivity contribution in [2.75, 3.05) is 13.2 Å². The summed E-state index contributed by atoms with van der Waals surface area (Å²) >= 11 is 0. The maximum absolute atomic E-state index is 9.41. The van der Waals surface area contributed by atoms with E-state index < -0.39 is 0 Å². The van der Waals surface area contributed by atoms with Crippen molar-refractivity contribution in [1.29, 1.82) is 0 Å². The Kier molecular flexibility index (Phi) is 3.65. The molecule has 0 aliphatic heterocycles. The second kappa shape index (κ2) is 4.77. The smallest absolute Gasteiger partial charge is 0.118 e. The molecule has 0 saturated heterocycles. The molecule has 76 valence electrons. The van der Waals surface area contributed by atoms with Gasteiger partial charge >= 0.3 is 0 Å². The van der Waals surface area contributed by atoms with Gasteiger partial charge in [-0.15, -0.1) is 0 Å². The van der Waals surface area contributed by atoms with E-state index in [9.17, 15) is 5.11 Å². The van der Waals surface area contributed by atoms with Gasteiger partial charge in [0.25, 0.3) is 0 Å². The van der Waals surface area contributed by atoms with E-state index in [-0.39, 0.29) is 6.61 Å². The second-order valence-corrected chi connectivity index (χ2v) is 3.25. The average molecular weight is 193 g/mol. The SMILES string of the molecule is Cc1cc(C=NCCO)c(C)cc1O. The van der Waals surface area contributed by atoms with Gasteiger partial charge in [0.1, 0.15) is 5.75 Å². The topological polar surface area (TPSA) is 52.8 Å². The molecule has 2 N–H and O–H groups in total. The number of phenolic OH excluding ortho intramolecular Hbond substituents is 1. The summed E-state index contributed by atoms with van der Waals surface area (Å²) in [7, 11) is 0. The lowest BCUT2D eigenvalue weighted by molar-refractivity contribution is 0.307. The van der Waals surface area contributed by atoms with E-state index in [4.69, 9.17) is 5.11 Å². The minimum Gasteiger partial charge on any atom is -0.508 e. The quantitative estimate of drug-likeness (QED) is 0.713. The van der Waals surface area contributed by atoms with Crippen molar-refractivity contribution in [3.8, 4) is 5.75 Å². The normalized spacial score (nSPS) is 11.1. The van der Waals surface area contributed by atoms with Crippen molar-refractivity contribution >= 4 is 6.21 Å². The van der Waals surface area contributed by atoms with Crippen LogP contribution in [0.2, 0.25) is 0 Å². The standard InChI is InChI=1S/C11H15NO2/c1-8-6-11(14)9(2)5-10(8)7-12-3-4-13/h5-7,13-14H,3-4H2,1-2H3. The van der Waals surface area contributed by atoms with Crippen LogP contribution >= 0.6 is 0 Å². The molecule has 0 aliphatic carbocycles. The van der Waals surface area contributed by atoms with Crippen LogP contribution < -0.4 is 0 Å². The van der Waals surface area contributed by atoms with Gasteiger partial charge in [0.05, 0.1) is 13.2 Å². The highest BCUT2D eigenvalue weighted by Gasteiger charge is 2.00. The molecule has 14 heavy (non-hydrogen) atoms. The predicted octanol–water partition coefficient (Wildman–Crippen LogP) is 1.42. The number of aliphatic imine (C=N–C) groups is 1. The third-order valence-corrected chi connectivity index (χ3v) is 2.04. The summed E-state index contributed by atoms with van der Waals surface area (Å²) in [5.41, 5.74) is 2.80. The van der Waals surface area contributed by atoms with Crippen molar-refractivity contribution < 1.29 is 10.2 Å². The summed E-state index contributed by atoms with van der Waals surface area (Å²) in [6, 6.07) is 3.60. The summed E-state index contributed by atoms with van der Waals surface area (Å²) in [6.07, 6.45) is 1.72. The largest absolute Gasteiger partial charge is 0.508 e. The van der Waals surface area contributed by atoms with E-state index >= 15 is 0 Å². The third-order valence-electron chi connectivity index (χ3n) is 2.04. The fraction of sp³-hybridized carbons (Fsp3) is 0.364. The number of hydrogen-bond acceptors (Lipinski definition) is 3. The zero-order chi connectivity index (χ0) is 10.6. The first-order valence-corrected chi connectivity index (χ1v) is 4.56. The van der Waals surface area contributed by atoms with Crippen molar-refractivity contribution in [3.63, 3.8) is 0 Å². The van der Waals surface area contributed by atoms with Gasteiger partial charge in [-0.2, -0.15) is 0 Å². The zero-order valence-electron chi connectivity index (χ0n) is 8.49. The first-order chi connectivity index (χ1) is 6.65. The molecular formula is C11H15NO2. The monoisotopic (exact) mass is 193 g/mol. The summed E-state index contributed by atoms with van der Waals surface area (Å²) in [6.45, 7) is 4.24. The summed E-state index contributed by atoms with van der Waals surface area (Å²) < 4.78 is 0. The number of benzene rings is 1. The molecule has 0 bridgehead atoms. The van der Waals surface area contributed by atoms with Gasteiger partial charge in [-0.3, -0.25) is 4.99 Å². The summed E-state index contributed by atoms with van der Waals surface area (Å²) in [4.78, 5) is 4.04. The Hall–Kier alpha value is -1.35. The molecule has 0 aromatic heterocycles. The molecule has 3 nitrogen and oxygen atoms in total. The molecule has 1 rings (SSSR count). The highest BCUT2D eigenvalue weighted by Crippen LogP contribution is 2.19. The molecule has 0 radical (unpaired) electrons. The van der Waals surface area contributed by atoms with Crippen molar-refractivity contribution in [3.05, 3.63) is 28.8 Å². The van der Waals surface area contributed by atoms with Crippen LogP contribution in [-0.4, -0.2) is 29.6 Å². The number of nitrogens with zero attached hydrogens (tertiary/aromatic N) is 1. The maximum atomic E-state index is 9.41. The van der Waals surface area contributed by atoms with Crippen LogP contribution in [0, 0.1) is 13.8 Å². The number of aliphatic hydroxyl groups excluding tert-OH is 1. The van der Waals surface area contributed by atoms with Gasteiger partial charge in [-0.05, 0) is 42.7 Å². The van der Waals surface area contributed by atoms with Gasteiger partial charge in [-0.1, -0.05) is 0 Å². The number of aliphatic hydroxyl groups is 1. The Labute approximate surface area is 83.7 Å². The molecule has 0 amide bonds. The van der Waals surface area contributed by atoms with Crippen LogP contribution in [0.15, 0.2) is 17.1 Å². The fourth-order valence-electron chi connectivity index (χ4n) is 1.18. The molecule has 0 atom stereocenters. The lowest BCUT2D eigenvalue weighted by Gasteiger charge is -2.04. The number of phenols is 1. The average Bonchev–Trinajstić information content (AvgIpc) is 2.14. The molecule has 1 aromatic carbocycles. The van der Waals surface area contributed by atoms with Crippen LogP contribution in [0.3, 0.4) is 0 Å². The molecular weight excluding hydrogens is 178 g/mol. The molecule has 0 spiro atoms. The van der Waals surface area contributed by atoms with Crippen LogP contribution in [0.1, 0.15) is 16.7 Å². The predicted molar refractivity (Wildman–Crippen MR) is 57.1 cm³/mol. The van der Waals surface area contributed by atoms with Crippen molar-refractivity contribution in [2.24, 2.45) is 4.99 Å². The van der Waals surface area contributed by atoms with Crippen molar-refractivity contribution in [2.45, 2.75) is 13.8 Å². The van der Waals surface area contributed by atoms with Crippen LogP contribution in [0.5, 0.6) is 5.75 Å². The van der Waals surface area contributed by atoms with Crippen LogP contribution in [-0.2, 0) is 0 Å². The van der Waals surface area contributed by atoms with E-state index in [1.165, 1.54) is 0 Å². The summed E-state index contributed by atoms with van der Waals surface area (Å²) in [5, 5.41) is 18.0. The molecule has 0 unspecified atom stereocenters. The van der Waals surface area contributed by atoms with E-state index in [2.05, 4.69) is 4.99 Å². The summed E-state index contributed by atoms with van der Waals surface area (Å²) in [5.74, 6) is 0.307. The number of hydrogen-bond donors (Lipinski definition) is 2. The minimum absolute atomic E-state index is 0.0621. The first kappa shape index (κ1) is 10.7. The van der Waals surface area contributed by atoms with Gasteiger partial charge in [0.15, 0.2) is 0 Å². The van der Waals surface area contributed by atoms with E-state index in [0.29, 0.717) is 12.3 Å².